The monoisotopic (exact) mass is 229 g/mol. The number of ether oxygens (including phenoxy) is 1. The number of hydrogen-bond acceptors (Lipinski definition) is 3. The molecule has 0 spiro atoms. The number of aliphatic carboxylic acids is 1. The molecule has 1 rings (SSSR count). The minimum absolute atomic E-state index is 0.499. The third-order valence-corrected chi connectivity index (χ3v) is 3.56. The van der Waals surface area contributed by atoms with Crippen molar-refractivity contribution in [3.63, 3.8) is 0 Å². The van der Waals surface area contributed by atoms with Gasteiger partial charge in [-0.2, -0.15) is 0 Å². The minimum atomic E-state index is -0.764. The predicted molar refractivity (Wildman–Crippen MR) is 62.6 cm³/mol. The average Bonchev–Trinajstić information content (AvgIpc) is 2.54. The highest BCUT2D eigenvalue weighted by Gasteiger charge is 2.38. The molecule has 0 aliphatic carbocycles. The molecule has 1 heterocycles. The lowest BCUT2D eigenvalue weighted by molar-refractivity contribution is -0.151. The van der Waals surface area contributed by atoms with Gasteiger partial charge in [-0.25, -0.2) is 0 Å². The SMILES string of the molecule is COCCC(C)(C(=O)O)N1CCCCCC1. The van der Waals surface area contributed by atoms with Crippen LogP contribution in [0.2, 0.25) is 0 Å². The van der Waals surface area contributed by atoms with E-state index >= 15 is 0 Å². The van der Waals surface area contributed by atoms with Crippen molar-refractivity contribution in [2.24, 2.45) is 0 Å². The lowest BCUT2D eigenvalue weighted by atomic mass is 9.95. The molecule has 4 heteroatoms. The summed E-state index contributed by atoms with van der Waals surface area (Å²) in [6, 6.07) is 0. The second-order valence-electron chi connectivity index (χ2n) is 4.72. The maximum absolute atomic E-state index is 11.4. The Morgan fingerprint density at radius 1 is 1.31 bits per heavy atom. The first-order chi connectivity index (χ1) is 7.61. The fourth-order valence-corrected chi connectivity index (χ4v) is 2.27. The highest BCUT2D eigenvalue weighted by atomic mass is 16.5. The summed E-state index contributed by atoms with van der Waals surface area (Å²) in [5.74, 6) is -0.730. The molecule has 4 nitrogen and oxygen atoms in total. The van der Waals surface area contributed by atoms with E-state index in [9.17, 15) is 9.90 Å². The molecule has 0 aromatic heterocycles. The van der Waals surface area contributed by atoms with Gasteiger partial charge in [-0.15, -0.1) is 0 Å². The Kier molecular flexibility index (Phi) is 5.22. The molecular weight excluding hydrogens is 206 g/mol. The molecule has 0 aromatic rings. The van der Waals surface area contributed by atoms with Crippen molar-refractivity contribution in [3.8, 4) is 0 Å². The van der Waals surface area contributed by atoms with Gasteiger partial charge in [0.05, 0.1) is 0 Å². The molecule has 0 amide bonds. The van der Waals surface area contributed by atoms with E-state index in [0.29, 0.717) is 13.0 Å². The summed E-state index contributed by atoms with van der Waals surface area (Å²) in [5, 5.41) is 9.41. The number of likely N-dealkylation sites (tertiary alicyclic amines) is 1. The number of methoxy groups -OCH3 is 1. The third kappa shape index (κ3) is 3.19. The number of carboxylic acids is 1. The Bertz CT molecular complexity index is 224. The van der Waals surface area contributed by atoms with Crippen LogP contribution < -0.4 is 0 Å². The maximum Gasteiger partial charge on any atom is 0.323 e. The molecule has 0 radical (unpaired) electrons. The Hall–Kier alpha value is -0.610. The lowest BCUT2D eigenvalue weighted by Gasteiger charge is -2.37. The summed E-state index contributed by atoms with van der Waals surface area (Å²) in [6.45, 7) is 4.11. The maximum atomic E-state index is 11.4. The molecule has 1 aliphatic heterocycles. The van der Waals surface area contributed by atoms with E-state index in [1.54, 1.807) is 7.11 Å². The Morgan fingerprint density at radius 2 is 1.88 bits per heavy atom. The van der Waals surface area contributed by atoms with Crippen LogP contribution in [0.15, 0.2) is 0 Å². The van der Waals surface area contributed by atoms with Crippen molar-refractivity contribution in [2.75, 3.05) is 26.8 Å². The fourth-order valence-electron chi connectivity index (χ4n) is 2.27. The average molecular weight is 229 g/mol. The summed E-state index contributed by atoms with van der Waals surface area (Å²) in [4.78, 5) is 13.6. The molecule has 1 aliphatic rings. The molecule has 0 bridgehead atoms. The van der Waals surface area contributed by atoms with Gasteiger partial charge in [-0.05, 0) is 39.3 Å². The quantitative estimate of drug-likeness (QED) is 0.780. The van der Waals surface area contributed by atoms with Gasteiger partial charge < -0.3 is 9.84 Å². The van der Waals surface area contributed by atoms with Crippen LogP contribution in [0.3, 0.4) is 0 Å². The molecule has 0 aromatic carbocycles. The molecule has 1 atom stereocenters. The second-order valence-corrected chi connectivity index (χ2v) is 4.72. The van der Waals surface area contributed by atoms with E-state index in [2.05, 4.69) is 4.90 Å². The fraction of sp³-hybridized carbons (Fsp3) is 0.917. The molecule has 16 heavy (non-hydrogen) atoms. The number of carboxylic acid groups (broad SMARTS) is 1. The Labute approximate surface area is 97.6 Å². The van der Waals surface area contributed by atoms with Crippen LogP contribution in [0.25, 0.3) is 0 Å². The van der Waals surface area contributed by atoms with Gasteiger partial charge >= 0.3 is 5.97 Å². The van der Waals surface area contributed by atoms with Crippen LogP contribution in [-0.4, -0.2) is 48.3 Å². The highest BCUT2D eigenvalue weighted by molar-refractivity contribution is 5.78. The van der Waals surface area contributed by atoms with Crippen LogP contribution >= 0.6 is 0 Å². The summed E-state index contributed by atoms with van der Waals surface area (Å²) >= 11 is 0. The van der Waals surface area contributed by atoms with Gasteiger partial charge in [0.1, 0.15) is 5.54 Å². The highest BCUT2D eigenvalue weighted by Crippen LogP contribution is 2.24. The van der Waals surface area contributed by atoms with Gasteiger partial charge in [-0.3, -0.25) is 9.69 Å². The molecular formula is C12H23NO3. The van der Waals surface area contributed by atoms with Crippen molar-refractivity contribution in [3.05, 3.63) is 0 Å². The number of carbonyl (C=O) groups is 1. The van der Waals surface area contributed by atoms with Gasteiger partial charge in [-0.1, -0.05) is 12.8 Å². The molecule has 1 N–H and O–H groups in total. The summed E-state index contributed by atoms with van der Waals surface area (Å²) < 4.78 is 5.02. The summed E-state index contributed by atoms with van der Waals surface area (Å²) in [7, 11) is 1.62. The van der Waals surface area contributed by atoms with Gasteiger partial charge in [0, 0.05) is 13.7 Å². The van der Waals surface area contributed by atoms with Crippen LogP contribution in [0.4, 0.5) is 0 Å². The normalized spacial score (nSPS) is 22.4. The first-order valence-electron chi connectivity index (χ1n) is 6.08. The topological polar surface area (TPSA) is 49.8 Å². The van der Waals surface area contributed by atoms with E-state index in [1.807, 2.05) is 6.92 Å². The molecule has 1 unspecified atom stereocenters. The predicted octanol–water partition coefficient (Wildman–Crippen LogP) is 1.74. The standard InChI is InChI=1S/C12H23NO3/c1-12(11(14)15,7-10-16-2)13-8-5-3-4-6-9-13/h3-10H2,1-2H3,(H,14,15). The number of hydrogen-bond donors (Lipinski definition) is 1. The van der Waals surface area contributed by atoms with Gasteiger partial charge in [0.2, 0.25) is 0 Å². The van der Waals surface area contributed by atoms with Crippen LogP contribution in [-0.2, 0) is 9.53 Å². The van der Waals surface area contributed by atoms with Gasteiger partial charge in [0.25, 0.3) is 0 Å². The minimum Gasteiger partial charge on any atom is -0.480 e. The molecule has 94 valence electrons. The number of nitrogens with zero attached hydrogens (tertiary/aromatic N) is 1. The zero-order valence-electron chi connectivity index (χ0n) is 10.4. The van der Waals surface area contributed by atoms with Crippen molar-refractivity contribution >= 4 is 5.97 Å². The Morgan fingerprint density at radius 3 is 2.31 bits per heavy atom. The zero-order valence-corrected chi connectivity index (χ0v) is 10.4. The van der Waals surface area contributed by atoms with E-state index in [1.165, 1.54) is 12.8 Å². The van der Waals surface area contributed by atoms with Gasteiger partial charge in [0.15, 0.2) is 0 Å². The summed E-state index contributed by atoms with van der Waals surface area (Å²) in [5.41, 5.74) is -0.764. The number of rotatable bonds is 5. The van der Waals surface area contributed by atoms with Crippen LogP contribution in [0.1, 0.15) is 39.0 Å². The van der Waals surface area contributed by atoms with E-state index in [0.717, 1.165) is 25.9 Å². The van der Waals surface area contributed by atoms with E-state index in [4.69, 9.17) is 4.74 Å². The van der Waals surface area contributed by atoms with Crippen LogP contribution in [0.5, 0.6) is 0 Å². The Balaban J connectivity index is 2.69. The molecule has 0 saturated carbocycles. The third-order valence-electron chi connectivity index (χ3n) is 3.56. The van der Waals surface area contributed by atoms with Crippen molar-refractivity contribution in [2.45, 2.75) is 44.6 Å². The lowest BCUT2D eigenvalue weighted by Crippen LogP contribution is -2.53. The van der Waals surface area contributed by atoms with Crippen LogP contribution in [0, 0.1) is 0 Å². The van der Waals surface area contributed by atoms with Crippen molar-refractivity contribution in [1.29, 1.82) is 0 Å². The van der Waals surface area contributed by atoms with Crippen molar-refractivity contribution in [1.82, 2.24) is 4.90 Å². The summed E-state index contributed by atoms with van der Waals surface area (Å²) in [6.07, 6.45) is 5.21. The van der Waals surface area contributed by atoms with E-state index in [-0.39, 0.29) is 0 Å². The molecule has 1 fully saturated rings. The zero-order chi connectivity index (χ0) is 12.0. The first kappa shape index (κ1) is 13.5. The molecule has 1 saturated heterocycles. The van der Waals surface area contributed by atoms with E-state index < -0.39 is 11.5 Å². The second kappa shape index (κ2) is 6.21. The smallest absolute Gasteiger partial charge is 0.323 e. The largest absolute Gasteiger partial charge is 0.480 e. The first-order valence-corrected chi connectivity index (χ1v) is 6.08. The van der Waals surface area contributed by atoms with Crippen molar-refractivity contribution < 1.29 is 14.6 Å².